The largest absolute Gasteiger partial charge is 0.343 e. The van der Waals surface area contributed by atoms with E-state index in [0.717, 1.165) is 12.2 Å². The maximum atomic E-state index is 12.5. The number of hydrogen-bond donors (Lipinski definition) is 1. The zero-order valence-corrected chi connectivity index (χ0v) is 17.5. The van der Waals surface area contributed by atoms with Crippen LogP contribution in [0.5, 0.6) is 0 Å². The third kappa shape index (κ3) is 4.60. The van der Waals surface area contributed by atoms with Gasteiger partial charge in [-0.15, -0.1) is 0 Å². The SMILES string of the molecule is CC(C)c1ccc2c(c1)c(CCC(=O)Nc1ccncc1)cn2Cc1ccccc1. The number of benzene rings is 2. The molecule has 0 unspecified atom stereocenters. The van der Waals surface area contributed by atoms with Crippen molar-refractivity contribution in [2.24, 2.45) is 0 Å². The number of pyridine rings is 1. The molecule has 0 radical (unpaired) electrons. The second-order valence-electron chi connectivity index (χ2n) is 7.98. The third-order valence-corrected chi connectivity index (χ3v) is 5.44. The van der Waals surface area contributed by atoms with Crippen LogP contribution in [0.15, 0.2) is 79.3 Å². The highest BCUT2D eigenvalue weighted by Gasteiger charge is 2.13. The molecule has 0 saturated heterocycles. The van der Waals surface area contributed by atoms with Gasteiger partial charge < -0.3 is 9.88 Å². The molecule has 4 aromatic rings. The van der Waals surface area contributed by atoms with Crippen molar-refractivity contribution < 1.29 is 4.79 Å². The Balaban J connectivity index is 1.59. The average Bonchev–Trinajstić information content (AvgIpc) is 3.10. The fourth-order valence-electron chi connectivity index (χ4n) is 3.76. The summed E-state index contributed by atoms with van der Waals surface area (Å²) in [5, 5.41) is 4.20. The summed E-state index contributed by atoms with van der Waals surface area (Å²) >= 11 is 0. The summed E-state index contributed by atoms with van der Waals surface area (Å²) in [6, 6.07) is 20.8. The number of fused-ring (bicyclic) bond motifs is 1. The number of anilines is 1. The minimum absolute atomic E-state index is 0.0187. The lowest BCUT2D eigenvalue weighted by atomic mass is 9.99. The first kappa shape index (κ1) is 19.9. The second-order valence-corrected chi connectivity index (χ2v) is 7.98. The lowest BCUT2D eigenvalue weighted by Crippen LogP contribution is -2.12. The fourth-order valence-corrected chi connectivity index (χ4v) is 3.76. The normalized spacial score (nSPS) is 11.2. The van der Waals surface area contributed by atoms with Crippen LogP contribution in [0.4, 0.5) is 5.69 Å². The summed E-state index contributed by atoms with van der Waals surface area (Å²) < 4.78 is 2.30. The van der Waals surface area contributed by atoms with Crippen LogP contribution in [-0.2, 0) is 17.8 Å². The zero-order valence-electron chi connectivity index (χ0n) is 17.5. The quantitative estimate of drug-likeness (QED) is 0.430. The molecule has 2 heterocycles. The van der Waals surface area contributed by atoms with E-state index in [9.17, 15) is 4.79 Å². The van der Waals surface area contributed by atoms with E-state index in [0.29, 0.717) is 18.8 Å². The van der Waals surface area contributed by atoms with Gasteiger partial charge in [0.05, 0.1) is 0 Å². The molecule has 0 fully saturated rings. The Labute approximate surface area is 177 Å². The molecule has 2 aromatic heterocycles. The summed E-state index contributed by atoms with van der Waals surface area (Å²) in [7, 11) is 0. The number of carbonyl (C=O) groups is 1. The van der Waals surface area contributed by atoms with Gasteiger partial charge in [-0.3, -0.25) is 9.78 Å². The Morgan fingerprint density at radius 3 is 2.53 bits per heavy atom. The molecule has 30 heavy (non-hydrogen) atoms. The number of carbonyl (C=O) groups excluding carboxylic acids is 1. The average molecular weight is 398 g/mol. The summed E-state index contributed by atoms with van der Waals surface area (Å²) in [6.45, 7) is 5.25. The number of aryl methyl sites for hydroxylation is 1. The highest BCUT2D eigenvalue weighted by Crippen LogP contribution is 2.28. The first-order chi connectivity index (χ1) is 14.6. The molecule has 152 valence electrons. The minimum Gasteiger partial charge on any atom is -0.343 e. The predicted molar refractivity (Wildman–Crippen MR) is 123 cm³/mol. The number of rotatable bonds is 7. The monoisotopic (exact) mass is 397 g/mol. The number of nitrogens with one attached hydrogen (secondary N) is 1. The molecule has 1 amide bonds. The van der Waals surface area contributed by atoms with Crippen LogP contribution in [0.25, 0.3) is 10.9 Å². The Morgan fingerprint density at radius 1 is 1.03 bits per heavy atom. The molecular weight excluding hydrogens is 370 g/mol. The maximum Gasteiger partial charge on any atom is 0.224 e. The lowest BCUT2D eigenvalue weighted by Gasteiger charge is -2.08. The van der Waals surface area contributed by atoms with Crippen molar-refractivity contribution >= 4 is 22.5 Å². The Hall–Kier alpha value is -3.40. The lowest BCUT2D eigenvalue weighted by molar-refractivity contribution is -0.116. The molecule has 0 aliphatic carbocycles. The molecular formula is C26H27N3O. The van der Waals surface area contributed by atoms with Crippen molar-refractivity contribution in [2.45, 2.75) is 39.2 Å². The van der Waals surface area contributed by atoms with E-state index in [1.165, 1.54) is 27.6 Å². The van der Waals surface area contributed by atoms with Crippen molar-refractivity contribution in [1.82, 2.24) is 9.55 Å². The maximum absolute atomic E-state index is 12.5. The van der Waals surface area contributed by atoms with Crippen LogP contribution in [0, 0.1) is 0 Å². The van der Waals surface area contributed by atoms with Crippen LogP contribution < -0.4 is 5.32 Å². The molecule has 4 rings (SSSR count). The molecule has 0 atom stereocenters. The van der Waals surface area contributed by atoms with E-state index in [1.807, 2.05) is 6.07 Å². The number of aromatic nitrogens is 2. The topological polar surface area (TPSA) is 46.9 Å². The fraction of sp³-hybridized carbons (Fsp3) is 0.231. The van der Waals surface area contributed by atoms with Gasteiger partial charge in [-0.25, -0.2) is 0 Å². The van der Waals surface area contributed by atoms with Crippen LogP contribution >= 0.6 is 0 Å². The number of hydrogen-bond acceptors (Lipinski definition) is 2. The Morgan fingerprint density at radius 2 is 1.80 bits per heavy atom. The van der Waals surface area contributed by atoms with Gasteiger partial charge in [0.25, 0.3) is 0 Å². The van der Waals surface area contributed by atoms with Crippen LogP contribution in [-0.4, -0.2) is 15.5 Å². The molecule has 0 saturated carbocycles. The van der Waals surface area contributed by atoms with Crippen molar-refractivity contribution in [3.8, 4) is 0 Å². The zero-order chi connectivity index (χ0) is 20.9. The van der Waals surface area contributed by atoms with E-state index >= 15 is 0 Å². The molecule has 0 aliphatic heterocycles. The van der Waals surface area contributed by atoms with Gasteiger partial charge in [-0.2, -0.15) is 0 Å². The molecule has 2 aromatic carbocycles. The molecule has 0 spiro atoms. The smallest absolute Gasteiger partial charge is 0.224 e. The van der Waals surface area contributed by atoms with Crippen molar-refractivity contribution in [3.63, 3.8) is 0 Å². The second kappa shape index (κ2) is 8.95. The van der Waals surface area contributed by atoms with Crippen molar-refractivity contribution in [2.75, 3.05) is 5.32 Å². The van der Waals surface area contributed by atoms with Gasteiger partial charge in [0.1, 0.15) is 0 Å². The van der Waals surface area contributed by atoms with Crippen LogP contribution in [0.3, 0.4) is 0 Å². The van der Waals surface area contributed by atoms with Gasteiger partial charge in [0.2, 0.25) is 5.91 Å². The highest BCUT2D eigenvalue weighted by atomic mass is 16.1. The first-order valence-corrected chi connectivity index (χ1v) is 10.5. The van der Waals surface area contributed by atoms with Gasteiger partial charge in [-0.05, 0) is 53.3 Å². The van der Waals surface area contributed by atoms with Crippen LogP contribution in [0.2, 0.25) is 0 Å². The van der Waals surface area contributed by atoms with Gasteiger partial charge in [0, 0.05) is 48.1 Å². The predicted octanol–water partition coefficient (Wildman–Crippen LogP) is 5.78. The molecule has 4 nitrogen and oxygen atoms in total. The van der Waals surface area contributed by atoms with E-state index in [2.05, 4.69) is 77.4 Å². The van der Waals surface area contributed by atoms with E-state index in [1.54, 1.807) is 24.5 Å². The van der Waals surface area contributed by atoms with Gasteiger partial charge >= 0.3 is 0 Å². The number of nitrogens with zero attached hydrogens (tertiary/aromatic N) is 2. The van der Waals surface area contributed by atoms with Crippen molar-refractivity contribution in [1.29, 1.82) is 0 Å². The van der Waals surface area contributed by atoms with Crippen LogP contribution in [0.1, 0.15) is 42.9 Å². The standard InChI is InChI=1S/C26H27N3O/c1-19(2)21-8-10-25-24(16-21)22(18-29(25)17-20-6-4-3-5-7-20)9-11-26(30)28-23-12-14-27-15-13-23/h3-8,10,12-16,18-19H,9,11,17H2,1-2H3,(H,27,28,30). The number of amides is 1. The molecule has 0 bridgehead atoms. The minimum atomic E-state index is 0.0187. The Bertz CT molecular complexity index is 1130. The van der Waals surface area contributed by atoms with E-state index in [4.69, 9.17) is 0 Å². The summed E-state index contributed by atoms with van der Waals surface area (Å²) in [6.07, 6.45) is 6.72. The van der Waals surface area contributed by atoms with Gasteiger partial charge in [-0.1, -0.05) is 50.2 Å². The summed E-state index contributed by atoms with van der Waals surface area (Å²) in [4.78, 5) is 16.4. The summed E-state index contributed by atoms with van der Waals surface area (Å²) in [5.41, 5.74) is 5.80. The third-order valence-electron chi connectivity index (χ3n) is 5.44. The Kier molecular flexibility index (Phi) is 5.94. The van der Waals surface area contributed by atoms with E-state index in [-0.39, 0.29) is 5.91 Å². The molecule has 1 N–H and O–H groups in total. The first-order valence-electron chi connectivity index (χ1n) is 10.5. The highest BCUT2D eigenvalue weighted by molar-refractivity contribution is 5.91. The van der Waals surface area contributed by atoms with E-state index < -0.39 is 0 Å². The summed E-state index contributed by atoms with van der Waals surface area (Å²) in [5.74, 6) is 0.486. The molecule has 4 heteroatoms. The van der Waals surface area contributed by atoms with Gasteiger partial charge in [0.15, 0.2) is 0 Å². The molecule has 0 aliphatic rings. The van der Waals surface area contributed by atoms with Crippen molar-refractivity contribution in [3.05, 3.63) is 95.9 Å².